The van der Waals surface area contributed by atoms with Crippen molar-refractivity contribution in [1.29, 1.82) is 0 Å². The van der Waals surface area contributed by atoms with Crippen LogP contribution < -0.4 is 4.90 Å². The van der Waals surface area contributed by atoms with Crippen LogP contribution in [0.3, 0.4) is 0 Å². The van der Waals surface area contributed by atoms with Gasteiger partial charge in [0.15, 0.2) is 0 Å². The van der Waals surface area contributed by atoms with Crippen molar-refractivity contribution in [2.24, 2.45) is 0 Å². The fraction of sp³-hybridized carbons (Fsp3) is 0.250. The van der Waals surface area contributed by atoms with Gasteiger partial charge in [-0.2, -0.15) is 0 Å². The first kappa shape index (κ1) is 19.0. The van der Waals surface area contributed by atoms with Crippen molar-refractivity contribution in [2.75, 3.05) is 31.1 Å². The van der Waals surface area contributed by atoms with Crippen molar-refractivity contribution >= 4 is 17.7 Å². The number of benzene rings is 1. The molecule has 2 aromatic heterocycles. The van der Waals surface area contributed by atoms with Gasteiger partial charge in [-0.25, -0.2) is 0 Å². The fourth-order valence-corrected chi connectivity index (χ4v) is 3.94. The second-order valence-electron chi connectivity index (χ2n) is 7.35. The van der Waals surface area contributed by atoms with Crippen LogP contribution in [0.5, 0.6) is 0 Å². The molecule has 0 radical (unpaired) electrons. The maximum absolute atomic E-state index is 12.7. The molecule has 0 spiro atoms. The quantitative estimate of drug-likeness (QED) is 0.640. The molecular formula is C24H26N4O. The normalized spacial score (nSPS) is 14.6. The van der Waals surface area contributed by atoms with E-state index in [-0.39, 0.29) is 5.91 Å². The molecule has 29 heavy (non-hydrogen) atoms. The van der Waals surface area contributed by atoms with E-state index in [9.17, 15) is 4.79 Å². The number of para-hydroxylation sites is 1. The first-order valence-corrected chi connectivity index (χ1v) is 10.00. The summed E-state index contributed by atoms with van der Waals surface area (Å²) in [5.74, 6) is 0.0730. The number of anilines is 1. The average Bonchev–Trinajstić information content (AvgIpc) is 3.06. The van der Waals surface area contributed by atoms with Crippen molar-refractivity contribution in [2.45, 2.75) is 13.8 Å². The lowest BCUT2D eigenvalue weighted by Gasteiger charge is -2.35. The Hall–Kier alpha value is -3.34. The van der Waals surface area contributed by atoms with E-state index < -0.39 is 0 Å². The number of carbonyl (C=O) groups excluding carboxylic acids is 1. The predicted octanol–water partition coefficient (Wildman–Crippen LogP) is 3.85. The zero-order valence-electron chi connectivity index (χ0n) is 17.0. The maximum Gasteiger partial charge on any atom is 0.246 e. The highest BCUT2D eigenvalue weighted by atomic mass is 16.2. The lowest BCUT2D eigenvalue weighted by atomic mass is 10.2. The number of nitrogens with zero attached hydrogens (tertiary/aromatic N) is 4. The maximum atomic E-state index is 12.7. The number of aromatic nitrogens is 2. The van der Waals surface area contributed by atoms with Crippen LogP contribution in [0.1, 0.15) is 17.0 Å². The van der Waals surface area contributed by atoms with E-state index in [4.69, 9.17) is 0 Å². The van der Waals surface area contributed by atoms with Gasteiger partial charge in [-0.3, -0.25) is 9.78 Å². The Labute approximate surface area is 171 Å². The zero-order valence-corrected chi connectivity index (χ0v) is 17.0. The summed E-state index contributed by atoms with van der Waals surface area (Å²) >= 11 is 0. The van der Waals surface area contributed by atoms with E-state index in [1.807, 2.05) is 53.7 Å². The van der Waals surface area contributed by atoms with E-state index in [1.165, 1.54) is 0 Å². The molecule has 1 saturated heterocycles. The minimum atomic E-state index is 0.0730. The molecule has 1 fully saturated rings. The Balaban J connectivity index is 1.42. The number of piperazine rings is 1. The van der Waals surface area contributed by atoms with Gasteiger partial charge in [-0.05, 0) is 55.8 Å². The number of rotatable bonds is 4. The molecule has 3 heterocycles. The minimum Gasteiger partial charge on any atom is -0.368 e. The number of aryl methyl sites for hydroxylation is 1. The van der Waals surface area contributed by atoms with Gasteiger partial charge in [0.1, 0.15) is 0 Å². The van der Waals surface area contributed by atoms with Crippen molar-refractivity contribution in [1.82, 2.24) is 14.5 Å². The second-order valence-corrected chi connectivity index (χ2v) is 7.35. The Kier molecular flexibility index (Phi) is 5.47. The summed E-state index contributed by atoms with van der Waals surface area (Å²) in [5, 5.41) is 0. The van der Waals surface area contributed by atoms with Crippen molar-refractivity contribution < 1.29 is 4.79 Å². The van der Waals surface area contributed by atoms with Crippen LogP contribution in [0.25, 0.3) is 11.8 Å². The van der Waals surface area contributed by atoms with Crippen molar-refractivity contribution in [3.63, 3.8) is 0 Å². The summed E-state index contributed by atoms with van der Waals surface area (Å²) in [6, 6.07) is 16.5. The standard InChI is InChI=1S/C24H26N4O/c1-19-18-21(20(2)28(19)23-6-4-3-5-7-23)8-9-24(29)27-16-14-26(15-17-27)22-10-12-25-13-11-22/h3-13,18H,14-17H2,1-2H3/b9-8+. The Morgan fingerprint density at radius 3 is 2.31 bits per heavy atom. The van der Waals surface area contributed by atoms with Crippen molar-refractivity contribution in [3.05, 3.63) is 84.0 Å². The highest BCUT2D eigenvalue weighted by molar-refractivity contribution is 5.92. The molecule has 1 aliphatic heterocycles. The van der Waals surface area contributed by atoms with Gasteiger partial charge in [-0.1, -0.05) is 18.2 Å². The molecule has 0 unspecified atom stereocenters. The molecule has 4 rings (SSSR count). The SMILES string of the molecule is Cc1cc(/C=C/C(=O)N2CCN(c3ccncc3)CC2)c(C)n1-c1ccccc1. The highest BCUT2D eigenvalue weighted by Crippen LogP contribution is 2.22. The summed E-state index contributed by atoms with van der Waals surface area (Å²) in [7, 11) is 0. The Morgan fingerprint density at radius 1 is 0.931 bits per heavy atom. The van der Waals surface area contributed by atoms with E-state index in [2.05, 4.69) is 46.5 Å². The van der Waals surface area contributed by atoms with E-state index >= 15 is 0 Å². The van der Waals surface area contributed by atoms with Crippen LogP contribution >= 0.6 is 0 Å². The summed E-state index contributed by atoms with van der Waals surface area (Å²) in [6.07, 6.45) is 7.27. The van der Waals surface area contributed by atoms with Crippen LogP contribution in [0.4, 0.5) is 5.69 Å². The van der Waals surface area contributed by atoms with Gasteiger partial charge in [0.2, 0.25) is 5.91 Å². The first-order chi connectivity index (χ1) is 14.1. The van der Waals surface area contributed by atoms with Gasteiger partial charge < -0.3 is 14.4 Å². The molecule has 1 amide bonds. The van der Waals surface area contributed by atoms with E-state index in [0.717, 1.165) is 54.5 Å². The lowest BCUT2D eigenvalue weighted by Crippen LogP contribution is -2.48. The van der Waals surface area contributed by atoms with Gasteiger partial charge in [-0.15, -0.1) is 0 Å². The highest BCUT2D eigenvalue weighted by Gasteiger charge is 2.20. The van der Waals surface area contributed by atoms with E-state index in [1.54, 1.807) is 6.08 Å². The molecule has 0 saturated carbocycles. The van der Waals surface area contributed by atoms with Crippen LogP contribution in [-0.2, 0) is 4.79 Å². The fourth-order valence-electron chi connectivity index (χ4n) is 3.94. The topological polar surface area (TPSA) is 41.4 Å². The molecule has 148 valence electrons. The number of amides is 1. The summed E-state index contributed by atoms with van der Waals surface area (Å²) in [5.41, 5.74) is 5.68. The Morgan fingerprint density at radius 2 is 1.62 bits per heavy atom. The molecule has 0 aliphatic carbocycles. The summed E-state index contributed by atoms with van der Waals surface area (Å²) in [6.45, 7) is 7.33. The molecule has 0 atom stereocenters. The van der Waals surface area contributed by atoms with Crippen LogP contribution in [0, 0.1) is 13.8 Å². The van der Waals surface area contributed by atoms with Gasteiger partial charge in [0.25, 0.3) is 0 Å². The van der Waals surface area contributed by atoms with Crippen LogP contribution in [-0.4, -0.2) is 46.5 Å². The van der Waals surface area contributed by atoms with Crippen LogP contribution in [0.15, 0.2) is 67.0 Å². The average molecular weight is 386 g/mol. The number of hydrogen-bond donors (Lipinski definition) is 0. The summed E-state index contributed by atoms with van der Waals surface area (Å²) < 4.78 is 2.22. The third kappa shape index (κ3) is 4.09. The molecular weight excluding hydrogens is 360 g/mol. The third-order valence-electron chi connectivity index (χ3n) is 5.51. The molecule has 3 aromatic rings. The molecule has 1 aliphatic rings. The molecule has 0 N–H and O–H groups in total. The van der Waals surface area contributed by atoms with Gasteiger partial charge in [0, 0.05) is 67.4 Å². The molecule has 1 aromatic carbocycles. The monoisotopic (exact) mass is 386 g/mol. The smallest absolute Gasteiger partial charge is 0.246 e. The second kappa shape index (κ2) is 8.35. The third-order valence-corrected chi connectivity index (χ3v) is 5.51. The van der Waals surface area contributed by atoms with Crippen LogP contribution in [0.2, 0.25) is 0 Å². The predicted molar refractivity (Wildman–Crippen MR) is 117 cm³/mol. The van der Waals surface area contributed by atoms with E-state index in [0.29, 0.717) is 0 Å². The van der Waals surface area contributed by atoms with Gasteiger partial charge >= 0.3 is 0 Å². The van der Waals surface area contributed by atoms with Gasteiger partial charge in [0.05, 0.1) is 0 Å². The number of hydrogen-bond acceptors (Lipinski definition) is 3. The zero-order chi connectivity index (χ0) is 20.2. The molecule has 0 bridgehead atoms. The first-order valence-electron chi connectivity index (χ1n) is 10.00. The minimum absolute atomic E-state index is 0.0730. The molecule has 5 heteroatoms. The number of carbonyl (C=O) groups is 1. The van der Waals surface area contributed by atoms with Crippen molar-refractivity contribution in [3.8, 4) is 5.69 Å². The summed E-state index contributed by atoms with van der Waals surface area (Å²) in [4.78, 5) is 21.0. The Bertz CT molecular complexity index is 1000. The molecule has 5 nitrogen and oxygen atoms in total. The number of pyridine rings is 1. The lowest BCUT2D eigenvalue weighted by molar-refractivity contribution is -0.126. The largest absolute Gasteiger partial charge is 0.368 e.